The largest absolute Gasteiger partial charge is 0.491 e. The summed E-state index contributed by atoms with van der Waals surface area (Å²) < 4.78 is 25.0. The molecule has 1 fully saturated rings. The van der Waals surface area contributed by atoms with Crippen molar-refractivity contribution in [1.82, 2.24) is 15.5 Å². The molecule has 1 aromatic rings. The van der Waals surface area contributed by atoms with Crippen LogP contribution >= 0.6 is 24.0 Å². The van der Waals surface area contributed by atoms with Gasteiger partial charge in [-0.1, -0.05) is 19.9 Å². The Bertz CT molecular complexity index is 616. The molecule has 0 radical (unpaired) electrons. The van der Waals surface area contributed by atoms with Crippen molar-refractivity contribution in [1.29, 1.82) is 0 Å². The average Bonchev–Trinajstić information content (AvgIpc) is 2.64. The van der Waals surface area contributed by atoms with Crippen LogP contribution in [0.5, 0.6) is 5.75 Å². The monoisotopic (exact) mass is 508 g/mol. The second-order valence-corrected chi connectivity index (χ2v) is 7.15. The predicted octanol–water partition coefficient (Wildman–Crippen LogP) is 2.86. The Morgan fingerprint density at radius 1 is 1.39 bits per heavy atom. The summed E-state index contributed by atoms with van der Waals surface area (Å²) in [5.41, 5.74) is 0.830. The zero-order valence-electron chi connectivity index (χ0n) is 17.3. The Kier molecular flexibility index (Phi) is 11.7. The van der Waals surface area contributed by atoms with Gasteiger partial charge in [0.1, 0.15) is 0 Å². The van der Waals surface area contributed by atoms with E-state index >= 15 is 0 Å². The van der Waals surface area contributed by atoms with Gasteiger partial charge in [0, 0.05) is 39.8 Å². The molecule has 0 amide bonds. The molecule has 1 aliphatic rings. The molecule has 0 aromatic heterocycles. The third-order valence-corrected chi connectivity index (χ3v) is 4.32. The molecular weight excluding hydrogens is 474 g/mol. The van der Waals surface area contributed by atoms with Crippen molar-refractivity contribution < 1.29 is 13.9 Å². The van der Waals surface area contributed by atoms with Crippen LogP contribution in [0.25, 0.3) is 0 Å². The summed E-state index contributed by atoms with van der Waals surface area (Å²) in [4.78, 5) is 6.68. The fourth-order valence-corrected chi connectivity index (χ4v) is 3.13. The maximum absolute atomic E-state index is 13.9. The molecular formula is C20H34FIN4O2. The van der Waals surface area contributed by atoms with Gasteiger partial charge in [-0.05, 0) is 30.5 Å². The Morgan fingerprint density at radius 3 is 2.82 bits per heavy atom. The first-order chi connectivity index (χ1) is 13.0. The van der Waals surface area contributed by atoms with Crippen molar-refractivity contribution in [2.45, 2.75) is 33.4 Å². The predicted molar refractivity (Wildman–Crippen MR) is 122 cm³/mol. The first-order valence-corrected chi connectivity index (χ1v) is 9.71. The Labute approximate surface area is 185 Å². The van der Waals surface area contributed by atoms with Gasteiger partial charge in [-0.3, -0.25) is 9.89 Å². The van der Waals surface area contributed by atoms with Crippen LogP contribution in [-0.4, -0.2) is 63.4 Å². The van der Waals surface area contributed by atoms with Gasteiger partial charge in [0.05, 0.1) is 19.3 Å². The number of hydrogen-bond donors (Lipinski definition) is 2. The molecule has 1 aromatic carbocycles. The summed E-state index contributed by atoms with van der Waals surface area (Å²) >= 11 is 0. The van der Waals surface area contributed by atoms with Crippen molar-refractivity contribution in [2.24, 2.45) is 10.9 Å². The number of morpholine rings is 1. The van der Waals surface area contributed by atoms with Gasteiger partial charge in [-0.2, -0.15) is 0 Å². The van der Waals surface area contributed by atoms with Crippen LogP contribution in [0.3, 0.4) is 0 Å². The van der Waals surface area contributed by atoms with E-state index in [1.165, 1.54) is 6.07 Å². The van der Waals surface area contributed by atoms with Gasteiger partial charge in [-0.25, -0.2) is 4.39 Å². The number of aliphatic imine (C=N–C) groups is 1. The quantitative estimate of drug-likeness (QED) is 0.322. The summed E-state index contributed by atoms with van der Waals surface area (Å²) in [6.45, 7) is 11.7. The first-order valence-electron chi connectivity index (χ1n) is 9.71. The number of nitrogens with zero attached hydrogens (tertiary/aromatic N) is 2. The third kappa shape index (κ3) is 8.48. The summed E-state index contributed by atoms with van der Waals surface area (Å²) in [6.07, 6.45) is 0.138. The van der Waals surface area contributed by atoms with Gasteiger partial charge >= 0.3 is 0 Å². The minimum absolute atomic E-state index is 0. The highest BCUT2D eigenvalue weighted by atomic mass is 127. The fourth-order valence-electron chi connectivity index (χ4n) is 3.13. The molecule has 0 saturated carbocycles. The minimum Gasteiger partial charge on any atom is -0.491 e. The van der Waals surface area contributed by atoms with Gasteiger partial charge in [0.2, 0.25) is 0 Å². The molecule has 1 unspecified atom stereocenters. The number of guanidine groups is 1. The second-order valence-electron chi connectivity index (χ2n) is 7.15. The van der Waals surface area contributed by atoms with Crippen molar-refractivity contribution in [3.8, 4) is 5.75 Å². The van der Waals surface area contributed by atoms with Gasteiger partial charge < -0.3 is 20.1 Å². The molecule has 1 heterocycles. The number of hydrogen-bond acceptors (Lipinski definition) is 4. The molecule has 160 valence electrons. The standard InChI is InChI=1S/C20H33FN4O2.HI/c1-5-26-19-7-6-16(10-18(19)21)11-23-20(22-4)24-12-17-14-25(8-9-27-17)13-15(2)3;/h6-7,10,15,17H,5,8-9,11-14H2,1-4H3,(H2,22,23,24);1H. The van der Waals surface area contributed by atoms with E-state index in [2.05, 4.69) is 34.4 Å². The van der Waals surface area contributed by atoms with Crippen LogP contribution in [0, 0.1) is 11.7 Å². The SMILES string of the molecule is CCOc1ccc(CNC(=NC)NCC2CN(CC(C)C)CCO2)cc1F.I. The fraction of sp³-hybridized carbons (Fsp3) is 0.650. The van der Waals surface area contributed by atoms with Crippen LogP contribution in [0.1, 0.15) is 26.3 Å². The molecule has 0 bridgehead atoms. The number of ether oxygens (including phenoxy) is 2. The highest BCUT2D eigenvalue weighted by Crippen LogP contribution is 2.18. The van der Waals surface area contributed by atoms with Crippen molar-refractivity contribution in [2.75, 3.05) is 46.4 Å². The average molecular weight is 508 g/mol. The van der Waals surface area contributed by atoms with E-state index in [0.29, 0.717) is 31.6 Å². The van der Waals surface area contributed by atoms with Gasteiger partial charge in [-0.15, -0.1) is 24.0 Å². The summed E-state index contributed by atoms with van der Waals surface area (Å²) in [5, 5.41) is 6.51. The molecule has 0 aliphatic carbocycles. The van der Waals surface area contributed by atoms with Crippen molar-refractivity contribution >= 4 is 29.9 Å². The summed E-state index contributed by atoms with van der Waals surface area (Å²) in [7, 11) is 1.72. The lowest BCUT2D eigenvalue weighted by atomic mass is 10.2. The maximum atomic E-state index is 13.9. The van der Waals surface area contributed by atoms with Crippen LogP contribution in [0.4, 0.5) is 4.39 Å². The number of nitrogens with one attached hydrogen (secondary N) is 2. The van der Waals surface area contributed by atoms with Crippen molar-refractivity contribution in [3.63, 3.8) is 0 Å². The molecule has 6 nitrogen and oxygen atoms in total. The minimum atomic E-state index is -0.347. The lowest BCUT2D eigenvalue weighted by Crippen LogP contribution is -2.50. The van der Waals surface area contributed by atoms with E-state index in [9.17, 15) is 4.39 Å². The molecule has 1 aliphatic heterocycles. The molecule has 2 rings (SSSR count). The van der Waals surface area contributed by atoms with Crippen LogP contribution < -0.4 is 15.4 Å². The van der Waals surface area contributed by atoms with E-state index < -0.39 is 0 Å². The Hall–Kier alpha value is -1.13. The van der Waals surface area contributed by atoms with Gasteiger partial charge in [0.25, 0.3) is 0 Å². The van der Waals surface area contributed by atoms with E-state index in [-0.39, 0.29) is 41.6 Å². The Morgan fingerprint density at radius 2 is 2.18 bits per heavy atom. The number of rotatable bonds is 8. The summed E-state index contributed by atoms with van der Waals surface area (Å²) in [6, 6.07) is 4.99. The normalized spacial score (nSPS) is 17.9. The van der Waals surface area contributed by atoms with E-state index in [1.54, 1.807) is 13.1 Å². The van der Waals surface area contributed by atoms with E-state index in [0.717, 1.165) is 31.8 Å². The summed E-state index contributed by atoms with van der Waals surface area (Å²) in [5.74, 6) is 1.26. The zero-order chi connectivity index (χ0) is 19.6. The second kappa shape index (κ2) is 13.2. The highest BCUT2D eigenvalue weighted by molar-refractivity contribution is 14.0. The molecule has 1 saturated heterocycles. The smallest absolute Gasteiger partial charge is 0.191 e. The van der Waals surface area contributed by atoms with E-state index in [1.807, 2.05) is 13.0 Å². The van der Waals surface area contributed by atoms with Gasteiger partial charge in [0.15, 0.2) is 17.5 Å². The first kappa shape index (κ1) is 24.9. The molecule has 1 atom stereocenters. The van der Waals surface area contributed by atoms with Crippen LogP contribution in [-0.2, 0) is 11.3 Å². The van der Waals surface area contributed by atoms with E-state index in [4.69, 9.17) is 9.47 Å². The van der Waals surface area contributed by atoms with Crippen LogP contribution in [0.2, 0.25) is 0 Å². The maximum Gasteiger partial charge on any atom is 0.191 e. The number of halogens is 2. The van der Waals surface area contributed by atoms with Crippen molar-refractivity contribution in [3.05, 3.63) is 29.6 Å². The molecule has 2 N–H and O–H groups in total. The highest BCUT2D eigenvalue weighted by Gasteiger charge is 2.21. The topological polar surface area (TPSA) is 58.1 Å². The third-order valence-electron chi connectivity index (χ3n) is 4.32. The zero-order valence-corrected chi connectivity index (χ0v) is 19.7. The molecule has 0 spiro atoms. The molecule has 28 heavy (non-hydrogen) atoms. The lowest BCUT2D eigenvalue weighted by Gasteiger charge is -2.34. The molecule has 8 heteroatoms. The van der Waals surface area contributed by atoms with Crippen LogP contribution in [0.15, 0.2) is 23.2 Å². The number of benzene rings is 1. The lowest BCUT2D eigenvalue weighted by molar-refractivity contribution is -0.0284. The Balaban J connectivity index is 0.00000392.